The number of carboxylic acid groups (broad SMARTS) is 1. The Hall–Kier alpha value is -2.01. The van der Waals surface area contributed by atoms with Crippen LogP contribution in [0.15, 0.2) is 53.3 Å². The SMILES string of the molecule is O=C(O)c1ccc(C2=CNC3C=CC(Br)=CN23)cc1. The van der Waals surface area contributed by atoms with Gasteiger partial charge >= 0.3 is 5.97 Å². The zero-order valence-electron chi connectivity index (χ0n) is 9.88. The molecule has 19 heavy (non-hydrogen) atoms. The van der Waals surface area contributed by atoms with E-state index < -0.39 is 5.97 Å². The van der Waals surface area contributed by atoms with E-state index in [1.54, 1.807) is 12.1 Å². The Morgan fingerprint density at radius 3 is 2.74 bits per heavy atom. The van der Waals surface area contributed by atoms with Crippen molar-refractivity contribution < 1.29 is 9.90 Å². The zero-order valence-corrected chi connectivity index (χ0v) is 11.5. The average molecular weight is 319 g/mol. The topological polar surface area (TPSA) is 52.6 Å². The predicted octanol–water partition coefficient (Wildman–Crippen LogP) is 2.72. The Morgan fingerprint density at radius 2 is 2.05 bits per heavy atom. The normalized spacial score (nSPS) is 20.5. The van der Waals surface area contributed by atoms with Crippen molar-refractivity contribution in [1.82, 2.24) is 10.2 Å². The molecule has 2 aliphatic rings. The number of nitrogens with one attached hydrogen (secondary N) is 1. The van der Waals surface area contributed by atoms with Crippen LogP contribution in [-0.4, -0.2) is 22.1 Å². The van der Waals surface area contributed by atoms with Crippen molar-refractivity contribution in [1.29, 1.82) is 0 Å². The standard InChI is InChI=1S/C14H11BrN2O2/c15-11-5-6-13-16-7-12(17(13)8-11)9-1-3-10(4-2-9)14(18)19/h1-8,13,16H,(H,18,19). The molecule has 2 N–H and O–H groups in total. The second-order valence-corrected chi connectivity index (χ2v) is 5.22. The molecule has 0 saturated heterocycles. The number of hydrogen-bond acceptors (Lipinski definition) is 3. The maximum atomic E-state index is 10.8. The van der Waals surface area contributed by atoms with Gasteiger partial charge in [0.15, 0.2) is 0 Å². The lowest BCUT2D eigenvalue weighted by Crippen LogP contribution is -2.32. The van der Waals surface area contributed by atoms with Gasteiger partial charge in [-0.1, -0.05) is 12.1 Å². The predicted molar refractivity (Wildman–Crippen MR) is 76.3 cm³/mol. The van der Waals surface area contributed by atoms with Gasteiger partial charge in [-0.25, -0.2) is 4.79 Å². The molecule has 3 rings (SSSR count). The highest BCUT2D eigenvalue weighted by molar-refractivity contribution is 9.11. The van der Waals surface area contributed by atoms with Crippen LogP contribution in [0.3, 0.4) is 0 Å². The van der Waals surface area contributed by atoms with Gasteiger partial charge < -0.3 is 15.3 Å². The number of hydrogen-bond donors (Lipinski definition) is 2. The van der Waals surface area contributed by atoms with E-state index in [9.17, 15) is 4.79 Å². The number of aromatic carboxylic acids is 1. The van der Waals surface area contributed by atoms with Crippen molar-refractivity contribution in [2.24, 2.45) is 0 Å². The monoisotopic (exact) mass is 318 g/mol. The van der Waals surface area contributed by atoms with Gasteiger partial charge in [0.1, 0.15) is 6.17 Å². The number of halogens is 1. The summed E-state index contributed by atoms with van der Waals surface area (Å²) < 4.78 is 1.00. The van der Waals surface area contributed by atoms with Crippen LogP contribution in [0.2, 0.25) is 0 Å². The van der Waals surface area contributed by atoms with Crippen LogP contribution >= 0.6 is 15.9 Å². The van der Waals surface area contributed by atoms with E-state index in [-0.39, 0.29) is 6.17 Å². The first-order valence-corrected chi connectivity index (χ1v) is 6.58. The summed E-state index contributed by atoms with van der Waals surface area (Å²) in [6, 6.07) is 6.87. The number of nitrogens with zero attached hydrogens (tertiary/aromatic N) is 1. The molecule has 0 spiro atoms. The third-order valence-electron chi connectivity index (χ3n) is 3.10. The molecule has 2 aliphatic heterocycles. The largest absolute Gasteiger partial charge is 0.478 e. The zero-order chi connectivity index (χ0) is 13.4. The third-order valence-corrected chi connectivity index (χ3v) is 3.57. The van der Waals surface area contributed by atoms with Gasteiger partial charge in [-0.05, 0) is 45.8 Å². The van der Waals surface area contributed by atoms with Gasteiger partial charge in [0.2, 0.25) is 0 Å². The fourth-order valence-electron chi connectivity index (χ4n) is 2.14. The van der Waals surface area contributed by atoms with Gasteiger partial charge in [-0.2, -0.15) is 0 Å². The van der Waals surface area contributed by atoms with Gasteiger partial charge in [-0.3, -0.25) is 0 Å². The molecule has 96 valence electrons. The lowest BCUT2D eigenvalue weighted by Gasteiger charge is -2.26. The van der Waals surface area contributed by atoms with Crippen LogP contribution < -0.4 is 5.32 Å². The third kappa shape index (κ3) is 2.17. The summed E-state index contributed by atoms with van der Waals surface area (Å²) in [4.78, 5) is 12.9. The van der Waals surface area contributed by atoms with E-state index in [2.05, 4.69) is 32.2 Å². The Balaban J connectivity index is 1.91. The van der Waals surface area contributed by atoms with Crippen molar-refractivity contribution in [2.75, 3.05) is 0 Å². The quantitative estimate of drug-likeness (QED) is 0.880. The number of carboxylic acids is 1. The number of allylic oxidation sites excluding steroid dienone is 2. The molecule has 4 nitrogen and oxygen atoms in total. The molecule has 0 amide bonds. The summed E-state index contributed by atoms with van der Waals surface area (Å²) in [5, 5.41) is 12.2. The van der Waals surface area contributed by atoms with E-state index in [4.69, 9.17) is 5.11 Å². The molecule has 1 aromatic rings. The molecule has 0 radical (unpaired) electrons. The maximum Gasteiger partial charge on any atom is 0.335 e. The van der Waals surface area contributed by atoms with E-state index in [1.807, 2.05) is 30.6 Å². The van der Waals surface area contributed by atoms with Crippen LogP contribution in [0.25, 0.3) is 5.70 Å². The number of carbonyl (C=O) groups is 1. The van der Waals surface area contributed by atoms with Crippen molar-refractivity contribution in [3.63, 3.8) is 0 Å². The van der Waals surface area contributed by atoms with Crippen LogP contribution in [-0.2, 0) is 0 Å². The van der Waals surface area contributed by atoms with E-state index in [1.165, 1.54) is 0 Å². The molecule has 0 aliphatic carbocycles. The Kier molecular flexibility index (Phi) is 2.91. The first-order chi connectivity index (χ1) is 9.15. The van der Waals surface area contributed by atoms with Crippen molar-refractivity contribution in [3.05, 3.63) is 64.4 Å². The van der Waals surface area contributed by atoms with Gasteiger partial charge in [0, 0.05) is 16.9 Å². The maximum absolute atomic E-state index is 10.8. The smallest absolute Gasteiger partial charge is 0.335 e. The summed E-state index contributed by atoms with van der Waals surface area (Å²) >= 11 is 3.46. The van der Waals surface area contributed by atoms with Gasteiger partial charge in [0.05, 0.1) is 11.3 Å². The minimum atomic E-state index is -0.911. The number of benzene rings is 1. The molecule has 0 saturated carbocycles. The molecule has 1 atom stereocenters. The average Bonchev–Trinajstić information content (AvgIpc) is 2.81. The van der Waals surface area contributed by atoms with Crippen molar-refractivity contribution in [3.8, 4) is 0 Å². The fraction of sp³-hybridized carbons (Fsp3) is 0.0714. The Bertz CT molecular complexity index is 617. The molecule has 0 fully saturated rings. The molecule has 2 heterocycles. The van der Waals surface area contributed by atoms with E-state index in [0.717, 1.165) is 15.7 Å². The molecule has 0 bridgehead atoms. The summed E-state index contributed by atoms with van der Waals surface area (Å²) in [5.41, 5.74) is 2.29. The lowest BCUT2D eigenvalue weighted by molar-refractivity contribution is 0.0697. The molecular formula is C14H11BrN2O2. The molecular weight excluding hydrogens is 308 g/mol. The number of rotatable bonds is 2. The Labute approximate surface area is 118 Å². The van der Waals surface area contributed by atoms with E-state index in [0.29, 0.717) is 5.56 Å². The summed E-state index contributed by atoms with van der Waals surface area (Å²) in [7, 11) is 0. The van der Waals surface area contributed by atoms with Crippen molar-refractivity contribution >= 4 is 27.6 Å². The molecule has 0 aromatic heterocycles. The Morgan fingerprint density at radius 1 is 1.32 bits per heavy atom. The van der Waals surface area contributed by atoms with Crippen LogP contribution in [0.4, 0.5) is 0 Å². The van der Waals surface area contributed by atoms with Crippen LogP contribution in [0.1, 0.15) is 15.9 Å². The minimum Gasteiger partial charge on any atom is -0.478 e. The highest BCUT2D eigenvalue weighted by atomic mass is 79.9. The lowest BCUT2D eigenvalue weighted by atomic mass is 10.1. The number of fused-ring (bicyclic) bond motifs is 1. The van der Waals surface area contributed by atoms with Crippen molar-refractivity contribution in [2.45, 2.75) is 6.17 Å². The molecule has 1 unspecified atom stereocenters. The second-order valence-electron chi connectivity index (χ2n) is 4.30. The van der Waals surface area contributed by atoms with Crippen LogP contribution in [0.5, 0.6) is 0 Å². The summed E-state index contributed by atoms with van der Waals surface area (Å²) in [6.45, 7) is 0. The fourth-order valence-corrected chi connectivity index (χ4v) is 2.52. The highest BCUT2D eigenvalue weighted by Crippen LogP contribution is 2.30. The molecule has 5 heteroatoms. The summed E-state index contributed by atoms with van der Waals surface area (Å²) in [6.07, 6.45) is 8.11. The second kappa shape index (κ2) is 4.59. The summed E-state index contributed by atoms with van der Waals surface area (Å²) in [5.74, 6) is -0.911. The van der Waals surface area contributed by atoms with Crippen LogP contribution in [0, 0.1) is 0 Å². The minimum absolute atomic E-state index is 0.121. The van der Waals surface area contributed by atoms with Gasteiger partial charge in [-0.15, -0.1) is 0 Å². The highest BCUT2D eigenvalue weighted by Gasteiger charge is 2.25. The van der Waals surface area contributed by atoms with Gasteiger partial charge in [0.25, 0.3) is 0 Å². The molecule has 1 aromatic carbocycles. The van der Waals surface area contributed by atoms with E-state index >= 15 is 0 Å². The first-order valence-electron chi connectivity index (χ1n) is 5.79. The first kappa shape index (κ1) is 12.0.